The highest BCUT2D eigenvalue weighted by Crippen LogP contribution is 2.32. The van der Waals surface area contributed by atoms with Crippen molar-refractivity contribution in [2.45, 2.75) is 0 Å². The Hall–Kier alpha value is -2.80. The highest BCUT2D eigenvalue weighted by Gasteiger charge is 2.24. The smallest absolute Gasteiger partial charge is 0.254 e. The molecule has 0 spiro atoms. The maximum absolute atomic E-state index is 13.5. The lowest BCUT2D eigenvalue weighted by Gasteiger charge is -2.34. The third kappa shape index (κ3) is 3.98. The SMILES string of the molecule is O=C(c1ccc2c(c1)OCO2)N1CCN(CCOc2ccccc2F)CC1. The number of para-hydroxylation sites is 1. The second-order valence-electron chi connectivity index (χ2n) is 6.48. The molecule has 0 unspecified atom stereocenters. The minimum Gasteiger partial charge on any atom is -0.489 e. The second kappa shape index (κ2) is 7.84. The second-order valence-corrected chi connectivity index (χ2v) is 6.48. The molecule has 1 fully saturated rings. The molecule has 0 N–H and O–H groups in total. The van der Waals surface area contributed by atoms with E-state index in [-0.39, 0.29) is 24.3 Å². The topological polar surface area (TPSA) is 51.2 Å². The van der Waals surface area contributed by atoms with Crippen molar-refractivity contribution in [1.29, 1.82) is 0 Å². The number of benzene rings is 2. The molecular weight excluding hydrogens is 351 g/mol. The van der Waals surface area contributed by atoms with Gasteiger partial charge in [-0.05, 0) is 30.3 Å². The van der Waals surface area contributed by atoms with Crippen LogP contribution in [0, 0.1) is 5.82 Å². The van der Waals surface area contributed by atoms with E-state index >= 15 is 0 Å². The molecule has 2 aliphatic heterocycles. The van der Waals surface area contributed by atoms with Gasteiger partial charge in [0.2, 0.25) is 6.79 Å². The summed E-state index contributed by atoms with van der Waals surface area (Å²) < 4.78 is 29.7. The summed E-state index contributed by atoms with van der Waals surface area (Å²) in [5.74, 6) is 1.21. The first-order valence-corrected chi connectivity index (χ1v) is 8.99. The first-order chi connectivity index (χ1) is 13.2. The van der Waals surface area contributed by atoms with Crippen molar-refractivity contribution < 1.29 is 23.4 Å². The van der Waals surface area contributed by atoms with E-state index in [1.807, 2.05) is 4.90 Å². The van der Waals surface area contributed by atoms with Crippen molar-refractivity contribution in [3.05, 3.63) is 53.8 Å². The summed E-state index contributed by atoms with van der Waals surface area (Å²) in [5, 5.41) is 0. The number of rotatable bonds is 5. The Morgan fingerprint density at radius 1 is 1.04 bits per heavy atom. The first-order valence-electron chi connectivity index (χ1n) is 8.99. The predicted molar refractivity (Wildman–Crippen MR) is 96.8 cm³/mol. The third-order valence-corrected chi connectivity index (χ3v) is 4.78. The van der Waals surface area contributed by atoms with Crippen LogP contribution in [0.1, 0.15) is 10.4 Å². The van der Waals surface area contributed by atoms with Gasteiger partial charge in [-0.15, -0.1) is 0 Å². The van der Waals surface area contributed by atoms with Crippen molar-refractivity contribution in [3.63, 3.8) is 0 Å². The summed E-state index contributed by atoms with van der Waals surface area (Å²) in [5.41, 5.74) is 0.607. The number of ether oxygens (including phenoxy) is 3. The molecule has 2 aromatic rings. The van der Waals surface area contributed by atoms with E-state index in [4.69, 9.17) is 14.2 Å². The number of hydrogen-bond donors (Lipinski definition) is 0. The minimum absolute atomic E-state index is 0.00411. The molecular formula is C20H21FN2O4. The van der Waals surface area contributed by atoms with Crippen molar-refractivity contribution in [1.82, 2.24) is 9.80 Å². The van der Waals surface area contributed by atoms with E-state index in [1.165, 1.54) is 6.07 Å². The van der Waals surface area contributed by atoms with Crippen molar-refractivity contribution in [2.75, 3.05) is 46.1 Å². The Kier molecular flexibility index (Phi) is 5.11. The molecule has 4 rings (SSSR count). The normalized spacial score (nSPS) is 16.4. The summed E-state index contributed by atoms with van der Waals surface area (Å²) in [4.78, 5) is 16.7. The fourth-order valence-electron chi connectivity index (χ4n) is 3.23. The van der Waals surface area contributed by atoms with Crippen molar-refractivity contribution in [3.8, 4) is 17.2 Å². The number of hydrogen-bond acceptors (Lipinski definition) is 5. The zero-order chi connectivity index (χ0) is 18.6. The lowest BCUT2D eigenvalue weighted by molar-refractivity contribution is 0.0619. The summed E-state index contributed by atoms with van der Waals surface area (Å²) >= 11 is 0. The molecule has 0 saturated carbocycles. The molecule has 0 atom stereocenters. The number of fused-ring (bicyclic) bond motifs is 1. The maximum Gasteiger partial charge on any atom is 0.254 e. The predicted octanol–water partition coefficient (Wildman–Crippen LogP) is 2.39. The van der Waals surface area contributed by atoms with Crippen LogP contribution in [0.4, 0.5) is 4.39 Å². The highest BCUT2D eigenvalue weighted by atomic mass is 19.1. The number of halogens is 1. The molecule has 0 radical (unpaired) electrons. The van der Waals surface area contributed by atoms with E-state index in [2.05, 4.69) is 4.90 Å². The van der Waals surface area contributed by atoms with Crippen LogP contribution < -0.4 is 14.2 Å². The van der Waals surface area contributed by atoms with Gasteiger partial charge >= 0.3 is 0 Å². The van der Waals surface area contributed by atoms with Gasteiger partial charge in [0.1, 0.15) is 6.61 Å². The van der Waals surface area contributed by atoms with Gasteiger partial charge in [0, 0.05) is 38.3 Å². The molecule has 0 aliphatic carbocycles. The molecule has 27 heavy (non-hydrogen) atoms. The van der Waals surface area contributed by atoms with Crippen LogP contribution in [0.5, 0.6) is 17.2 Å². The Bertz CT molecular complexity index is 821. The summed E-state index contributed by atoms with van der Waals surface area (Å²) in [6, 6.07) is 11.7. The number of nitrogens with zero attached hydrogens (tertiary/aromatic N) is 2. The Morgan fingerprint density at radius 2 is 1.81 bits per heavy atom. The molecule has 2 aliphatic rings. The molecule has 6 nitrogen and oxygen atoms in total. The van der Waals surface area contributed by atoms with Gasteiger partial charge in [-0.25, -0.2) is 4.39 Å². The average molecular weight is 372 g/mol. The Labute approximate surface area is 157 Å². The van der Waals surface area contributed by atoms with Gasteiger partial charge in [-0.3, -0.25) is 9.69 Å². The van der Waals surface area contributed by atoms with Gasteiger partial charge in [0.15, 0.2) is 23.1 Å². The fourth-order valence-corrected chi connectivity index (χ4v) is 3.23. The maximum atomic E-state index is 13.5. The monoisotopic (exact) mass is 372 g/mol. The largest absolute Gasteiger partial charge is 0.489 e. The standard InChI is InChI=1S/C20H21FN2O4/c21-16-3-1-2-4-17(16)25-12-11-22-7-9-23(10-8-22)20(24)15-5-6-18-19(13-15)27-14-26-18/h1-6,13H,7-12,14H2. The molecule has 7 heteroatoms. The van der Waals surface area contributed by atoms with E-state index in [0.29, 0.717) is 43.3 Å². The molecule has 0 bridgehead atoms. The van der Waals surface area contributed by atoms with Gasteiger partial charge in [0.25, 0.3) is 5.91 Å². The highest BCUT2D eigenvalue weighted by molar-refractivity contribution is 5.95. The molecule has 2 heterocycles. The molecule has 1 saturated heterocycles. The lowest BCUT2D eigenvalue weighted by atomic mass is 10.1. The van der Waals surface area contributed by atoms with Crippen molar-refractivity contribution >= 4 is 5.91 Å². The number of carbonyl (C=O) groups excluding carboxylic acids is 1. The quantitative estimate of drug-likeness (QED) is 0.807. The van der Waals surface area contributed by atoms with Gasteiger partial charge < -0.3 is 19.1 Å². The summed E-state index contributed by atoms with van der Waals surface area (Å²) in [6.07, 6.45) is 0. The molecule has 2 aromatic carbocycles. The number of carbonyl (C=O) groups is 1. The van der Waals surface area contributed by atoms with Crippen LogP contribution in [-0.2, 0) is 0 Å². The van der Waals surface area contributed by atoms with E-state index in [0.717, 1.165) is 13.1 Å². The van der Waals surface area contributed by atoms with Crippen LogP contribution in [0.3, 0.4) is 0 Å². The van der Waals surface area contributed by atoms with Crippen LogP contribution in [0.25, 0.3) is 0 Å². The van der Waals surface area contributed by atoms with Crippen LogP contribution >= 0.6 is 0 Å². The Morgan fingerprint density at radius 3 is 2.63 bits per heavy atom. The number of amides is 1. The van der Waals surface area contributed by atoms with Crippen LogP contribution in [0.2, 0.25) is 0 Å². The van der Waals surface area contributed by atoms with Gasteiger partial charge in [-0.2, -0.15) is 0 Å². The summed E-state index contributed by atoms with van der Waals surface area (Å²) in [6.45, 7) is 4.12. The number of piperazine rings is 1. The van der Waals surface area contributed by atoms with Gasteiger partial charge in [-0.1, -0.05) is 12.1 Å². The van der Waals surface area contributed by atoms with Gasteiger partial charge in [0.05, 0.1) is 0 Å². The summed E-state index contributed by atoms with van der Waals surface area (Å²) in [7, 11) is 0. The lowest BCUT2D eigenvalue weighted by Crippen LogP contribution is -2.49. The first kappa shape index (κ1) is 17.6. The fraction of sp³-hybridized carbons (Fsp3) is 0.350. The Balaban J connectivity index is 1.25. The third-order valence-electron chi connectivity index (χ3n) is 4.78. The molecule has 0 aromatic heterocycles. The van der Waals surface area contributed by atoms with Crippen molar-refractivity contribution in [2.24, 2.45) is 0 Å². The average Bonchev–Trinajstić information content (AvgIpc) is 3.17. The van der Waals surface area contributed by atoms with Crippen LogP contribution in [-0.4, -0.2) is 61.8 Å². The van der Waals surface area contributed by atoms with E-state index < -0.39 is 0 Å². The van der Waals surface area contributed by atoms with E-state index in [9.17, 15) is 9.18 Å². The van der Waals surface area contributed by atoms with E-state index in [1.54, 1.807) is 36.4 Å². The minimum atomic E-state index is -0.350. The van der Waals surface area contributed by atoms with Crippen LogP contribution in [0.15, 0.2) is 42.5 Å². The zero-order valence-electron chi connectivity index (χ0n) is 14.9. The molecule has 142 valence electrons. The molecule has 1 amide bonds. The zero-order valence-corrected chi connectivity index (χ0v) is 14.9.